The van der Waals surface area contributed by atoms with Crippen molar-refractivity contribution in [3.63, 3.8) is 0 Å². The van der Waals surface area contributed by atoms with Crippen molar-refractivity contribution in [3.8, 4) is 0 Å². The topological polar surface area (TPSA) is 55.4 Å². The standard InChI is InChI=1S/C20H25F2NO3/c1-3-5-7-8-9-19(24)23-18(20(25)26-10-6-4-2)13-15-11-16(21)14-17(22)12-15/h4,6,8-9,11-12,14,18H,3,5,7,10,13H2,1-2H3,(H,23,24)/b6-4-,9-8+. The third-order valence-corrected chi connectivity index (χ3v) is 3.51. The third kappa shape index (κ3) is 8.55. The molecule has 0 spiro atoms. The van der Waals surface area contributed by atoms with Crippen LogP contribution in [0.4, 0.5) is 8.78 Å². The molecule has 1 aromatic rings. The molecule has 0 saturated carbocycles. The van der Waals surface area contributed by atoms with Gasteiger partial charge in [-0.2, -0.15) is 0 Å². The van der Waals surface area contributed by atoms with Crippen LogP contribution in [0.2, 0.25) is 0 Å². The number of nitrogens with one attached hydrogen (secondary N) is 1. The van der Waals surface area contributed by atoms with E-state index in [4.69, 9.17) is 4.74 Å². The summed E-state index contributed by atoms with van der Waals surface area (Å²) in [6, 6.07) is 1.96. The summed E-state index contributed by atoms with van der Waals surface area (Å²) in [5.41, 5.74) is 0.255. The summed E-state index contributed by atoms with van der Waals surface area (Å²) in [5, 5.41) is 2.54. The van der Waals surface area contributed by atoms with E-state index in [0.29, 0.717) is 0 Å². The maximum atomic E-state index is 13.4. The Morgan fingerprint density at radius 1 is 1.19 bits per heavy atom. The summed E-state index contributed by atoms with van der Waals surface area (Å²) >= 11 is 0. The summed E-state index contributed by atoms with van der Waals surface area (Å²) in [7, 11) is 0. The molecule has 1 amide bonds. The first-order chi connectivity index (χ1) is 12.5. The summed E-state index contributed by atoms with van der Waals surface area (Å²) in [6.45, 7) is 3.89. The van der Waals surface area contributed by atoms with Crippen LogP contribution in [-0.4, -0.2) is 24.5 Å². The van der Waals surface area contributed by atoms with E-state index in [1.807, 2.05) is 6.92 Å². The van der Waals surface area contributed by atoms with Crippen molar-refractivity contribution in [1.82, 2.24) is 5.32 Å². The Balaban J connectivity index is 2.82. The van der Waals surface area contributed by atoms with Crippen molar-refractivity contribution < 1.29 is 23.1 Å². The molecule has 1 N–H and O–H groups in total. The van der Waals surface area contributed by atoms with E-state index in [2.05, 4.69) is 5.32 Å². The van der Waals surface area contributed by atoms with Crippen molar-refractivity contribution in [2.24, 2.45) is 0 Å². The molecule has 0 saturated heterocycles. The van der Waals surface area contributed by atoms with Crippen LogP contribution in [-0.2, 0) is 20.7 Å². The summed E-state index contributed by atoms with van der Waals surface area (Å²) in [6.07, 6.45) is 9.10. The monoisotopic (exact) mass is 365 g/mol. The van der Waals surface area contributed by atoms with Crippen molar-refractivity contribution in [2.45, 2.75) is 45.6 Å². The van der Waals surface area contributed by atoms with Gasteiger partial charge in [0.25, 0.3) is 0 Å². The van der Waals surface area contributed by atoms with Gasteiger partial charge in [-0.15, -0.1) is 0 Å². The van der Waals surface area contributed by atoms with Gasteiger partial charge in [0, 0.05) is 12.5 Å². The van der Waals surface area contributed by atoms with Gasteiger partial charge < -0.3 is 10.1 Å². The van der Waals surface area contributed by atoms with Crippen LogP contribution in [0.5, 0.6) is 0 Å². The van der Waals surface area contributed by atoms with E-state index >= 15 is 0 Å². The number of hydrogen-bond donors (Lipinski definition) is 1. The lowest BCUT2D eigenvalue weighted by atomic mass is 10.1. The Morgan fingerprint density at radius 2 is 1.88 bits per heavy atom. The summed E-state index contributed by atoms with van der Waals surface area (Å²) in [5.74, 6) is -2.60. The van der Waals surface area contributed by atoms with E-state index in [-0.39, 0.29) is 18.6 Å². The lowest BCUT2D eigenvalue weighted by molar-refractivity contribution is -0.146. The number of hydrogen-bond acceptors (Lipinski definition) is 3. The fourth-order valence-electron chi connectivity index (χ4n) is 2.22. The molecule has 26 heavy (non-hydrogen) atoms. The van der Waals surface area contributed by atoms with E-state index < -0.39 is 29.6 Å². The molecule has 6 heteroatoms. The molecule has 0 aromatic heterocycles. The molecule has 142 valence electrons. The van der Waals surface area contributed by atoms with Crippen LogP contribution in [0.25, 0.3) is 0 Å². The number of esters is 1. The van der Waals surface area contributed by atoms with Gasteiger partial charge in [0.2, 0.25) is 5.91 Å². The van der Waals surface area contributed by atoms with Crippen LogP contribution < -0.4 is 5.32 Å². The number of amides is 1. The minimum atomic E-state index is -1.04. The van der Waals surface area contributed by atoms with Gasteiger partial charge in [0.1, 0.15) is 24.3 Å². The molecular weight excluding hydrogens is 340 g/mol. The second-order valence-electron chi connectivity index (χ2n) is 5.79. The largest absolute Gasteiger partial charge is 0.460 e. The summed E-state index contributed by atoms with van der Waals surface area (Å²) in [4.78, 5) is 24.2. The van der Waals surface area contributed by atoms with Crippen molar-refractivity contribution in [3.05, 3.63) is 59.7 Å². The van der Waals surface area contributed by atoms with Crippen LogP contribution in [0.15, 0.2) is 42.5 Å². The third-order valence-electron chi connectivity index (χ3n) is 3.51. The summed E-state index contributed by atoms with van der Waals surface area (Å²) < 4.78 is 31.8. The Hall–Kier alpha value is -2.50. The zero-order valence-electron chi connectivity index (χ0n) is 15.1. The molecule has 1 aromatic carbocycles. The van der Waals surface area contributed by atoms with Gasteiger partial charge in [0.15, 0.2) is 0 Å². The predicted molar refractivity (Wildman–Crippen MR) is 96.4 cm³/mol. The van der Waals surface area contributed by atoms with Gasteiger partial charge in [0.05, 0.1) is 0 Å². The fraction of sp³-hybridized carbons (Fsp3) is 0.400. The van der Waals surface area contributed by atoms with Gasteiger partial charge in [-0.05, 0) is 37.1 Å². The number of carbonyl (C=O) groups is 2. The Labute approximate surface area is 152 Å². The molecular formula is C20H25F2NO3. The Morgan fingerprint density at radius 3 is 2.50 bits per heavy atom. The molecule has 0 aliphatic carbocycles. The van der Waals surface area contributed by atoms with E-state index in [9.17, 15) is 18.4 Å². The van der Waals surface area contributed by atoms with Crippen LogP contribution in [0.1, 0.15) is 38.7 Å². The zero-order valence-corrected chi connectivity index (χ0v) is 15.1. The molecule has 4 nitrogen and oxygen atoms in total. The average molecular weight is 365 g/mol. The molecule has 1 rings (SSSR count). The molecule has 0 aliphatic rings. The molecule has 0 fully saturated rings. The number of allylic oxidation sites excluding steroid dienone is 2. The Bertz CT molecular complexity index is 636. The maximum absolute atomic E-state index is 13.4. The first kappa shape index (κ1) is 21.5. The number of benzene rings is 1. The van der Waals surface area contributed by atoms with E-state index in [0.717, 1.165) is 37.5 Å². The highest BCUT2D eigenvalue weighted by atomic mass is 19.1. The normalized spacial score (nSPS) is 12.5. The van der Waals surface area contributed by atoms with Crippen LogP contribution in [0, 0.1) is 11.6 Å². The highest BCUT2D eigenvalue weighted by Gasteiger charge is 2.22. The minimum Gasteiger partial charge on any atom is -0.460 e. The lowest BCUT2D eigenvalue weighted by Gasteiger charge is -2.16. The predicted octanol–water partition coefficient (Wildman–Crippen LogP) is 3.86. The second-order valence-corrected chi connectivity index (χ2v) is 5.79. The highest BCUT2D eigenvalue weighted by Crippen LogP contribution is 2.11. The van der Waals surface area contributed by atoms with Gasteiger partial charge >= 0.3 is 5.97 Å². The first-order valence-electron chi connectivity index (χ1n) is 8.66. The van der Waals surface area contributed by atoms with E-state index in [1.165, 1.54) is 6.08 Å². The average Bonchev–Trinajstić information content (AvgIpc) is 2.57. The van der Waals surface area contributed by atoms with E-state index in [1.54, 1.807) is 25.2 Å². The molecule has 0 radical (unpaired) electrons. The van der Waals surface area contributed by atoms with Crippen molar-refractivity contribution >= 4 is 11.9 Å². The highest BCUT2D eigenvalue weighted by molar-refractivity contribution is 5.91. The quantitative estimate of drug-likeness (QED) is 0.296. The van der Waals surface area contributed by atoms with Gasteiger partial charge in [-0.1, -0.05) is 38.0 Å². The number of carbonyl (C=O) groups excluding carboxylic acids is 2. The SMILES string of the molecule is C/C=C\COC(=O)C(Cc1cc(F)cc(F)c1)NC(=O)/C=C/CCCC. The molecule has 1 unspecified atom stereocenters. The zero-order chi connectivity index (χ0) is 19.4. The van der Waals surface area contributed by atoms with Crippen LogP contribution >= 0.6 is 0 Å². The molecule has 0 bridgehead atoms. The molecule has 0 heterocycles. The van der Waals surface area contributed by atoms with Crippen LogP contribution in [0.3, 0.4) is 0 Å². The number of ether oxygens (including phenoxy) is 1. The maximum Gasteiger partial charge on any atom is 0.329 e. The fourth-order valence-corrected chi connectivity index (χ4v) is 2.22. The van der Waals surface area contributed by atoms with Crippen molar-refractivity contribution in [1.29, 1.82) is 0 Å². The minimum absolute atomic E-state index is 0.0611. The molecule has 1 atom stereocenters. The van der Waals surface area contributed by atoms with Crippen molar-refractivity contribution in [2.75, 3.05) is 6.61 Å². The first-order valence-corrected chi connectivity index (χ1v) is 8.66. The number of unbranched alkanes of at least 4 members (excludes halogenated alkanes) is 2. The lowest BCUT2D eigenvalue weighted by Crippen LogP contribution is -2.42. The number of rotatable bonds is 10. The van der Waals surface area contributed by atoms with Gasteiger partial charge in [-0.3, -0.25) is 4.79 Å². The smallest absolute Gasteiger partial charge is 0.329 e. The number of halogens is 2. The Kier molecular flexibility index (Phi) is 9.90. The second kappa shape index (κ2) is 12.0. The molecule has 0 aliphatic heterocycles. The van der Waals surface area contributed by atoms with Gasteiger partial charge in [-0.25, -0.2) is 13.6 Å².